The number of aromatic nitrogens is 1. The molecule has 1 aromatic heterocycles. The maximum atomic E-state index is 12.8. The summed E-state index contributed by atoms with van der Waals surface area (Å²) < 4.78 is 10.3. The van der Waals surface area contributed by atoms with Crippen molar-refractivity contribution in [1.82, 2.24) is 9.88 Å². The first-order valence-electron chi connectivity index (χ1n) is 9.59. The van der Waals surface area contributed by atoms with E-state index in [1.165, 1.54) is 7.11 Å². The Morgan fingerprint density at radius 2 is 2.07 bits per heavy atom. The fraction of sp³-hybridized carbons (Fsp3) is 0.273. The zero-order chi connectivity index (χ0) is 20.4. The number of ether oxygens (including phenoxy) is 2. The van der Waals surface area contributed by atoms with E-state index in [1.54, 1.807) is 11.0 Å². The molecule has 7 heteroatoms. The summed E-state index contributed by atoms with van der Waals surface area (Å²) in [5.74, 6) is 0.347. The maximum Gasteiger partial charge on any atom is 0.337 e. The first kappa shape index (κ1) is 18.9. The van der Waals surface area contributed by atoms with E-state index in [-0.39, 0.29) is 12.0 Å². The second-order valence-corrected chi connectivity index (χ2v) is 6.90. The van der Waals surface area contributed by atoms with Gasteiger partial charge in [0.1, 0.15) is 5.75 Å². The Kier molecular flexibility index (Phi) is 5.12. The van der Waals surface area contributed by atoms with Crippen LogP contribution in [0.25, 0.3) is 10.9 Å². The van der Waals surface area contributed by atoms with Gasteiger partial charge in [-0.05, 0) is 37.3 Å². The summed E-state index contributed by atoms with van der Waals surface area (Å²) in [7, 11) is 1.37. The van der Waals surface area contributed by atoms with Crippen molar-refractivity contribution in [2.24, 2.45) is 0 Å². The van der Waals surface area contributed by atoms with Gasteiger partial charge >= 0.3 is 12.0 Å². The predicted molar refractivity (Wildman–Crippen MR) is 110 cm³/mol. The van der Waals surface area contributed by atoms with Crippen LogP contribution in [0.4, 0.5) is 10.5 Å². The zero-order valence-electron chi connectivity index (χ0n) is 16.5. The van der Waals surface area contributed by atoms with E-state index in [2.05, 4.69) is 10.3 Å². The number of hydrogen-bond acceptors (Lipinski definition) is 4. The first-order chi connectivity index (χ1) is 14.1. The summed E-state index contributed by atoms with van der Waals surface area (Å²) in [6.45, 7) is 3.57. The summed E-state index contributed by atoms with van der Waals surface area (Å²) in [6.07, 6.45) is 0.726. The van der Waals surface area contributed by atoms with Crippen LogP contribution < -0.4 is 10.1 Å². The molecule has 0 saturated carbocycles. The monoisotopic (exact) mass is 393 g/mol. The molecule has 0 aliphatic carbocycles. The second-order valence-electron chi connectivity index (χ2n) is 6.90. The molecule has 3 aromatic rings. The van der Waals surface area contributed by atoms with Gasteiger partial charge in [-0.15, -0.1) is 0 Å². The molecule has 1 aliphatic heterocycles. The number of H-pyrrole nitrogens is 1. The number of hydrogen-bond donors (Lipinski definition) is 2. The minimum Gasteiger partial charge on any atom is -0.494 e. The van der Waals surface area contributed by atoms with Gasteiger partial charge in [-0.25, -0.2) is 9.59 Å². The number of nitrogens with one attached hydrogen (secondary N) is 2. The summed E-state index contributed by atoms with van der Waals surface area (Å²) in [5, 5.41) is 3.89. The van der Waals surface area contributed by atoms with Gasteiger partial charge in [0.25, 0.3) is 0 Å². The number of benzene rings is 2. The van der Waals surface area contributed by atoms with Crippen molar-refractivity contribution in [3.05, 3.63) is 59.3 Å². The largest absolute Gasteiger partial charge is 0.494 e. The molecule has 29 heavy (non-hydrogen) atoms. The van der Waals surface area contributed by atoms with Crippen LogP contribution in [0.3, 0.4) is 0 Å². The summed E-state index contributed by atoms with van der Waals surface area (Å²) in [6, 6.07) is 12.6. The quantitative estimate of drug-likeness (QED) is 0.658. The molecule has 2 heterocycles. The molecule has 0 radical (unpaired) electrons. The van der Waals surface area contributed by atoms with Gasteiger partial charge in [0.05, 0.1) is 19.3 Å². The molecule has 0 fully saturated rings. The lowest BCUT2D eigenvalue weighted by Crippen LogP contribution is -2.38. The fourth-order valence-corrected chi connectivity index (χ4v) is 3.67. The number of nitrogens with zero attached hydrogens (tertiary/aromatic N) is 1. The molecule has 150 valence electrons. The van der Waals surface area contributed by atoms with Crippen molar-refractivity contribution in [3.63, 3.8) is 0 Å². The highest BCUT2D eigenvalue weighted by atomic mass is 16.5. The second kappa shape index (κ2) is 7.87. The van der Waals surface area contributed by atoms with Crippen LogP contribution in [0.15, 0.2) is 42.5 Å². The Morgan fingerprint density at radius 1 is 1.21 bits per heavy atom. The topological polar surface area (TPSA) is 83.7 Å². The van der Waals surface area contributed by atoms with Gasteiger partial charge in [0.15, 0.2) is 0 Å². The molecule has 1 aliphatic rings. The van der Waals surface area contributed by atoms with Crippen molar-refractivity contribution in [2.75, 3.05) is 25.6 Å². The van der Waals surface area contributed by atoms with Crippen molar-refractivity contribution in [2.45, 2.75) is 19.9 Å². The summed E-state index contributed by atoms with van der Waals surface area (Å²) in [5.41, 5.74) is 4.28. The molecule has 0 bridgehead atoms. The Morgan fingerprint density at radius 3 is 2.86 bits per heavy atom. The van der Waals surface area contributed by atoms with Gasteiger partial charge in [-0.2, -0.15) is 0 Å². The van der Waals surface area contributed by atoms with Crippen molar-refractivity contribution < 1.29 is 19.1 Å². The van der Waals surface area contributed by atoms with Crippen LogP contribution in [0, 0.1) is 0 Å². The van der Waals surface area contributed by atoms with Gasteiger partial charge in [-0.3, -0.25) is 0 Å². The highest BCUT2D eigenvalue weighted by Crippen LogP contribution is 2.29. The lowest BCUT2D eigenvalue weighted by Gasteiger charge is -2.27. The van der Waals surface area contributed by atoms with E-state index >= 15 is 0 Å². The minimum atomic E-state index is -0.374. The van der Waals surface area contributed by atoms with Crippen LogP contribution >= 0.6 is 0 Å². The molecule has 0 saturated heterocycles. The number of carbonyl (C=O) groups is 2. The predicted octanol–water partition coefficient (Wildman–Crippen LogP) is 3.94. The van der Waals surface area contributed by atoms with Gasteiger partial charge < -0.3 is 24.7 Å². The Balaban J connectivity index is 1.55. The highest BCUT2D eigenvalue weighted by molar-refractivity contribution is 5.96. The van der Waals surface area contributed by atoms with Crippen molar-refractivity contribution in [3.8, 4) is 5.75 Å². The van der Waals surface area contributed by atoms with E-state index in [0.717, 1.165) is 34.3 Å². The van der Waals surface area contributed by atoms with Gasteiger partial charge in [0, 0.05) is 53.4 Å². The Bertz CT molecular complexity index is 1070. The molecule has 2 aromatic carbocycles. The third kappa shape index (κ3) is 3.76. The van der Waals surface area contributed by atoms with E-state index < -0.39 is 0 Å². The molecule has 2 amide bonds. The Labute approximate surface area is 168 Å². The number of esters is 1. The number of carbonyl (C=O) groups excluding carboxylic acids is 2. The van der Waals surface area contributed by atoms with Gasteiger partial charge in [-0.1, -0.05) is 6.07 Å². The average molecular weight is 393 g/mol. The molecular formula is C22H23N3O4. The van der Waals surface area contributed by atoms with E-state index in [4.69, 9.17) is 9.47 Å². The average Bonchev–Trinajstić information content (AvgIpc) is 3.10. The SMILES string of the molecule is CCOc1cccc(NC(=O)N2CCc3[nH]c4ccc(C(=O)OC)cc4c3C2)c1. The van der Waals surface area contributed by atoms with Crippen LogP contribution in [0.1, 0.15) is 28.5 Å². The summed E-state index contributed by atoms with van der Waals surface area (Å²) in [4.78, 5) is 29.9. The number of fused-ring (bicyclic) bond motifs is 3. The normalized spacial score (nSPS) is 13.1. The Hall–Kier alpha value is -3.48. The smallest absolute Gasteiger partial charge is 0.337 e. The van der Waals surface area contributed by atoms with Crippen LogP contribution in [0.2, 0.25) is 0 Å². The zero-order valence-corrected chi connectivity index (χ0v) is 16.5. The number of anilines is 1. The van der Waals surface area contributed by atoms with Crippen LogP contribution in [-0.2, 0) is 17.7 Å². The summed E-state index contributed by atoms with van der Waals surface area (Å²) >= 11 is 0. The number of methoxy groups -OCH3 is 1. The van der Waals surface area contributed by atoms with Crippen molar-refractivity contribution >= 4 is 28.6 Å². The number of urea groups is 1. The standard InChI is InChI=1S/C22H23N3O4/c1-3-29-16-6-4-5-15(12-16)23-22(27)25-10-9-20-18(13-25)17-11-14(21(26)28-2)7-8-19(17)24-20/h4-8,11-12,24H,3,9-10,13H2,1-2H3,(H,23,27). The highest BCUT2D eigenvalue weighted by Gasteiger charge is 2.24. The molecular weight excluding hydrogens is 370 g/mol. The lowest BCUT2D eigenvalue weighted by atomic mass is 10.0. The fourth-order valence-electron chi connectivity index (χ4n) is 3.67. The van der Waals surface area contributed by atoms with Crippen LogP contribution in [0.5, 0.6) is 5.75 Å². The number of rotatable bonds is 4. The molecule has 0 spiro atoms. The molecule has 0 atom stereocenters. The van der Waals surface area contributed by atoms with E-state index in [9.17, 15) is 9.59 Å². The molecule has 7 nitrogen and oxygen atoms in total. The van der Waals surface area contributed by atoms with E-state index in [0.29, 0.717) is 30.9 Å². The third-order valence-corrected chi connectivity index (χ3v) is 5.08. The maximum absolute atomic E-state index is 12.8. The minimum absolute atomic E-state index is 0.164. The van der Waals surface area contributed by atoms with Gasteiger partial charge in [0.2, 0.25) is 0 Å². The molecule has 0 unspecified atom stereocenters. The first-order valence-corrected chi connectivity index (χ1v) is 9.59. The van der Waals surface area contributed by atoms with E-state index in [1.807, 2.05) is 43.3 Å². The number of amides is 2. The lowest BCUT2D eigenvalue weighted by molar-refractivity contribution is 0.0601. The number of aromatic amines is 1. The van der Waals surface area contributed by atoms with Crippen LogP contribution in [-0.4, -0.2) is 42.1 Å². The molecule has 2 N–H and O–H groups in total. The molecule has 4 rings (SSSR count). The third-order valence-electron chi connectivity index (χ3n) is 5.08. The van der Waals surface area contributed by atoms with Crippen molar-refractivity contribution in [1.29, 1.82) is 0 Å².